The van der Waals surface area contributed by atoms with Crippen molar-refractivity contribution in [3.05, 3.63) is 12.3 Å². The highest BCUT2D eigenvalue weighted by atomic mass is 15.1. The normalized spacial score (nSPS) is 11.5. The molecule has 0 heterocycles. The van der Waals surface area contributed by atoms with E-state index in [4.69, 9.17) is 0 Å². The summed E-state index contributed by atoms with van der Waals surface area (Å²) in [6.07, 6.45) is 8.24. The molecule has 0 aliphatic carbocycles. The second-order valence-corrected chi connectivity index (χ2v) is 4.04. The molecule has 0 fully saturated rings. The lowest BCUT2D eigenvalue weighted by molar-refractivity contribution is 0.324. The van der Waals surface area contributed by atoms with Gasteiger partial charge >= 0.3 is 0 Å². The maximum absolute atomic E-state index is 2.44. The fraction of sp³-hybridized carbons (Fsp3) is 0.833. The quantitative estimate of drug-likeness (QED) is 0.582. The van der Waals surface area contributed by atoms with Gasteiger partial charge < -0.3 is 4.90 Å². The summed E-state index contributed by atoms with van der Waals surface area (Å²) in [7, 11) is 0. The van der Waals surface area contributed by atoms with Crippen LogP contribution in [-0.2, 0) is 0 Å². The van der Waals surface area contributed by atoms with Gasteiger partial charge in [-0.1, -0.05) is 40.2 Å². The van der Waals surface area contributed by atoms with Crippen molar-refractivity contribution in [1.29, 1.82) is 0 Å². The number of hydrogen-bond acceptors (Lipinski definition) is 1. The predicted octanol–water partition coefficient (Wildman–Crippen LogP) is 3.67. The second kappa shape index (κ2) is 8.15. The van der Waals surface area contributed by atoms with Crippen molar-refractivity contribution in [3.8, 4) is 0 Å². The third kappa shape index (κ3) is 7.89. The van der Waals surface area contributed by atoms with Crippen molar-refractivity contribution in [2.45, 2.75) is 47.0 Å². The summed E-state index contributed by atoms with van der Waals surface area (Å²) in [5, 5.41) is 0. The third-order valence-electron chi connectivity index (χ3n) is 1.95. The van der Waals surface area contributed by atoms with Gasteiger partial charge in [0.2, 0.25) is 0 Å². The van der Waals surface area contributed by atoms with Crippen molar-refractivity contribution in [2.24, 2.45) is 5.92 Å². The SMILES string of the molecule is CC/C=C\N(CCCC)CC(C)C. The first-order valence-electron chi connectivity index (χ1n) is 5.61. The van der Waals surface area contributed by atoms with Crippen molar-refractivity contribution >= 4 is 0 Å². The Morgan fingerprint density at radius 2 is 1.92 bits per heavy atom. The largest absolute Gasteiger partial charge is 0.377 e. The van der Waals surface area contributed by atoms with E-state index in [0.717, 1.165) is 12.3 Å². The first kappa shape index (κ1) is 12.5. The zero-order chi connectivity index (χ0) is 10.1. The molecule has 0 spiro atoms. The Morgan fingerprint density at radius 1 is 1.23 bits per heavy atom. The Kier molecular flexibility index (Phi) is 7.86. The van der Waals surface area contributed by atoms with E-state index in [1.54, 1.807) is 0 Å². The molecule has 0 atom stereocenters. The smallest absolute Gasteiger partial charge is 0.0195 e. The van der Waals surface area contributed by atoms with Crippen LogP contribution in [0.25, 0.3) is 0 Å². The van der Waals surface area contributed by atoms with Crippen LogP contribution in [0.3, 0.4) is 0 Å². The molecule has 0 aromatic rings. The highest BCUT2D eigenvalue weighted by Gasteiger charge is 2.00. The molecule has 0 aliphatic heterocycles. The molecule has 0 saturated carbocycles. The minimum absolute atomic E-state index is 0.762. The Hall–Kier alpha value is -0.460. The number of allylic oxidation sites excluding steroid dienone is 1. The lowest BCUT2D eigenvalue weighted by Gasteiger charge is -2.22. The average Bonchev–Trinajstić information content (AvgIpc) is 2.09. The van der Waals surface area contributed by atoms with Crippen LogP contribution in [0.1, 0.15) is 47.0 Å². The summed E-state index contributed by atoms with van der Waals surface area (Å²) < 4.78 is 0. The maximum Gasteiger partial charge on any atom is 0.0195 e. The summed E-state index contributed by atoms with van der Waals surface area (Å²) in [6, 6.07) is 0. The fourth-order valence-electron chi connectivity index (χ4n) is 1.31. The molecule has 0 aromatic carbocycles. The molecule has 0 rings (SSSR count). The van der Waals surface area contributed by atoms with E-state index in [1.807, 2.05) is 0 Å². The number of hydrogen-bond donors (Lipinski definition) is 0. The molecular weight excluding hydrogens is 158 g/mol. The molecular formula is C12H25N. The molecule has 0 amide bonds. The van der Waals surface area contributed by atoms with Crippen LogP contribution >= 0.6 is 0 Å². The van der Waals surface area contributed by atoms with Gasteiger partial charge in [-0.2, -0.15) is 0 Å². The van der Waals surface area contributed by atoms with E-state index < -0.39 is 0 Å². The van der Waals surface area contributed by atoms with Crippen molar-refractivity contribution in [2.75, 3.05) is 13.1 Å². The molecule has 0 bridgehead atoms. The Labute approximate surface area is 83.8 Å². The van der Waals surface area contributed by atoms with Gasteiger partial charge in [0.15, 0.2) is 0 Å². The standard InChI is InChI=1S/C12H25N/c1-5-7-9-13(10-8-6-2)11-12(3)4/h7,9,12H,5-6,8,10-11H2,1-4H3/b9-7-. The van der Waals surface area contributed by atoms with Gasteiger partial charge in [-0.25, -0.2) is 0 Å². The summed E-state index contributed by atoms with van der Waals surface area (Å²) in [4.78, 5) is 2.44. The highest BCUT2D eigenvalue weighted by molar-refractivity contribution is 4.81. The van der Waals surface area contributed by atoms with Gasteiger partial charge in [-0.3, -0.25) is 0 Å². The average molecular weight is 183 g/mol. The minimum Gasteiger partial charge on any atom is -0.377 e. The van der Waals surface area contributed by atoms with Gasteiger partial charge in [-0.15, -0.1) is 0 Å². The van der Waals surface area contributed by atoms with E-state index in [9.17, 15) is 0 Å². The van der Waals surface area contributed by atoms with Crippen molar-refractivity contribution < 1.29 is 0 Å². The molecule has 0 radical (unpaired) electrons. The minimum atomic E-state index is 0.762. The van der Waals surface area contributed by atoms with Gasteiger partial charge in [0.05, 0.1) is 0 Å². The van der Waals surface area contributed by atoms with E-state index in [1.165, 1.54) is 25.9 Å². The molecule has 13 heavy (non-hydrogen) atoms. The second-order valence-electron chi connectivity index (χ2n) is 4.04. The van der Waals surface area contributed by atoms with E-state index in [-0.39, 0.29) is 0 Å². The third-order valence-corrected chi connectivity index (χ3v) is 1.95. The molecule has 1 heteroatoms. The molecule has 1 nitrogen and oxygen atoms in total. The van der Waals surface area contributed by atoms with Crippen molar-refractivity contribution in [3.63, 3.8) is 0 Å². The van der Waals surface area contributed by atoms with Crippen LogP contribution in [0.5, 0.6) is 0 Å². The summed E-state index contributed by atoms with van der Waals surface area (Å²) in [5.74, 6) is 0.762. The van der Waals surface area contributed by atoms with Crippen LogP contribution < -0.4 is 0 Å². The van der Waals surface area contributed by atoms with Crippen LogP contribution in [-0.4, -0.2) is 18.0 Å². The molecule has 0 unspecified atom stereocenters. The molecule has 0 N–H and O–H groups in total. The number of rotatable bonds is 7. The lowest BCUT2D eigenvalue weighted by atomic mass is 10.2. The maximum atomic E-state index is 2.44. The van der Waals surface area contributed by atoms with Gasteiger partial charge in [-0.05, 0) is 25.0 Å². The van der Waals surface area contributed by atoms with Gasteiger partial charge in [0.25, 0.3) is 0 Å². The summed E-state index contributed by atoms with van der Waals surface area (Å²) in [5.41, 5.74) is 0. The monoisotopic (exact) mass is 183 g/mol. The molecule has 0 saturated heterocycles. The predicted molar refractivity (Wildman–Crippen MR) is 60.8 cm³/mol. The molecule has 0 aromatic heterocycles. The first-order chi connectivity index (χ1) is 6.20. The molecule has 78 valence electrons. The van der Waals surface area contributed by atoms with Crippen molar-refractivity contribution in [1.82, 2.24) is 4.90 Å². The summed E-state index contributed by atoms with van der Waals surface area (Å²) in [6.45, 7) is 11.4. The van der Waals surface area contributed by atoms with Crippen LogP contribution in [0, 0.1) is 5.92 Å². The topological polar surface area (TPSA) is 3.24 Å². The van der Waals surface area contributed by atoms with E-state index >= 15 is 0 Å². The van der Waals surface area contributed by atoms with Crippen LogP contribution in [0.15, 0.2) is 12.3 Å². The fourth-order valence-corrected chi connectivity index (χ4v) is 1.31. The lowest BCUT2D eigenvalue weighted by Crippen LogP contribution is -2.23. The van der Waals surface area contributed by atoms with Gasteiger partial charge in [0.1, 0.15) is 0 Å². The highest BCUT2D eigenvalue weighted by Crippen LogP contribution is 2.02. The Bertz CT molecular complexity index is 127. The summed E-state index contributed by atoms with van der Waals surface area (Å²) >= 11 is 0. The zero-order valence-corrected chi connectivity index (χ0v) is 9.71. The number of nitrogens with zero attached hydrogens (tertiary/aromatic N) is 1. The van der Waals surface area contributed by atoms with Crippen LogP contribution in [0.4, 0.5) is 0 Å². The van der Waals surface area contributed by atoms with E-state index in [2.05, 4.69) is 44.9 Å². The van der Waals surface area contributed by atoms with E-state index in [0.29, 0.717) is 0 Å². The van der Waals surface area contributed by atoms with Gasteiger partial charge in [0, 0.05) is 13.1 Å². The first-order valence-corrected chi connectivity index (χ1v) is 5.61. The van der Waals surface area contributed by atoms with Crippen LogP contribution in [0.2, 0.25) is 0 Å². The zero-order valence-electron chi connectivity index (χ0n) is 9.71. The Balaban J connectivity index is 3.80. The molecule has 0 aliphatic rings. The Morgan fingerprint density at radius 3 is 2.38 bits per heavy atom. The number of unbranched alkanes of at least 4 members (excludes halogenated alkanes) is 1.